The van der Waals surface area contributed by atoms with Crippen LogP contribution in [0.5, 0.6) is 0 Å². The van der Waals surface area contributed by atoms with Crippen molar-refractivity contribution in [3.63, 3.8) is 0 Å². The summed E-state index contributed by atoms with van der Waals surface area (Å²) in [5, 5.41) is 0. The monoisotopic (exact) mass is 838 g/mol. The molecular weight excluding hydrogens is 743 g/mol. The van der Waals surface area contributed by atoms with Crippen molar-refractivity contribution in [3.8, 4) is 0 Å². The molecule has 0 rings (SSSR count). The van der Waals surface area contributed by atoms with Gasteiger partial charge in [-0.2, -0.15) is 0 Å². The summed E-state index contributed by atoms with van der Waals surface area (Å²) in [6, 6.07) is 0. The number of hydrogen-bond donors (Lipinski definition) is 0. The Labute approximate surface area is 364 Å². The number of ether oxygens (including phenoxy) is 3. The van der Waals surface area contributed by atoms with E-state index in [-0.39, 0.29) is 17.9 Å². The number of nitrogens with zero attached hydrogens (tertiary/aromatic N) is 3. The number of carbonyl (C=O) groups excluding carboxylic acids is 4. The topological polar surface area (TPSA) is 106 Å². The van der Waals surface area contributed by atoms with Crippen LogP contribution in [0.3, 0.4) is 0 Å². The largest absolute Gasteiger partial charge is 0.466 e. The van der Waals surface area contributed by atoms with Crippen molar-refractivity contribution in [2.75, 3.05) is 79.2 Å². The van der Waals surface area contributed by atoms with E-state index in [9.17, 15) is 19.2 Å². The van der Waals surface area contributed by atoms with E-state index < -0.39 is 0 Å². The zero-order chi connectivity index (χ0) is 44.3. The van der Waals surface area contributed by atoms with Crippen molar-refractivity contribution in [1.29, 1.82) is 0 Å². The lowest BCUT2D eigenvalue weighted by atomic mass is 9.98. The van der Waals surface area contributed by atoms with E-state index >= 15 is 0 Å². The molecule has 348 valence electrons. The molecule has 0 spiro atoms. The maximum absolute atomic E-state index is 12.7. The number of rotatable bonds is 41. The Kier molecular flexibility index (Phi) is 36.4. The molecule has 0 bridgehead atoms. The Hall–Kier alpha value is -2.04. The minimum Gasteiger partial charge on any atom is -0.466 e. The first-order valence-corrected chi connectivity index (χ1v) is 24.1. The van der Waals surface area contributed by atoms with Gasteiger partial charge in [0.2, 0.25) is 0 Å². The first kappa shape index (κ1) is 57.0. The van der Waals surface area contributed by atoms with Gasteiger partial charge in [0.05, 0.1) is 39.1 Å². The van der Waals surface area contributed by atoms with Gasteiger partial charge in [0, 0.05) is 32.6 Å². The summed E-state index contributed by atoms with van der Waals surface area (Å²) in [5.41, 5.74) is 0. The van der Waals surface area contributed by atoms with Crippen LogP contribution in [0.15, 0.2) is 0 Å². The highest BCUT2D eigenvalue weighted by molar-refractivity contribution is 5.70. The molecule has 0 aliphatic heterocycles. The first-order chi connectivity index (χ1) is 28.1. The highest BCUT2D eigenvalue weighted by Gasteiger charge is 2.15. The second kappa shape index (κ2) is 37.7. The molecule has 3 unspecified atom stereocenters. The van der Waals surface area contributed by atoms with E-state index in [1.54, 1.807) is 0 Å². The van der Waals surface area contributed by atoms with Crippen LogP contribution in [0, 0.1) is 35.5 Å². The summed E-state index contributed by atoms with van der Waals surface area (Å²) in [4.78, 5) is 55.8. The smallest absolute Gasteiger partial charge is 0.307 e. The van der Waals surface area contributed by atoms with E-state index in [4.69, 9.17) is 14.2 Å². The molecule has 0 aromatic rings. The van der Waals surface area contributed by atoms with E-state index in [2.05, 4.69) is 84.1 Å². The molecule has 0 radical (unpaired) electrons. The maximum Gasteiger partial charge on any atom is 0.307 e. The number of esters is 3. The van der Waals surface area contributed by atoms with Crippen molar-refractivity contribution in [2.24, 2.45) is 35.5 Å². The summed E-state index contributed by atoms with van der Waals surface area (Å²) in [5.74, 6) is 3.29. The SMILES string of the molecule is CC(C)CCCC(C)CCOC(=O)CCN(CCC=O)CCCN(C)CCCN(CCC(=O)OCCC(C)CCCC(C)C)CCC(=O)OCCC(C)CCCC(C)C. The van der Waals surface area contributed by atoms with Gasteiger partial charge >= 0.3 is 17.9 Å². The van der Waals surface area contributed by atoms with Crippen molar-refractivity contribution >= 4 is 24.2 Å². The summed E-state index contributed by atoms with van der Waals surface area (Å²) < 4.78 is 16.8. The lowest BCUT2D eigenvalue weighted by Gasteiger charge is -2.25. The van der Waals surface area contributed by atoms with Crippen LogP contribution in [0.2, 0.25) is 0 Å². The molecule has 0 saturated carbocycles. The normalized spacial score (nSPS) is 13.5. The van der Waals surface area contributed by atoms with Gasteiger partial charge in [-0.1, -0.05) is 120 Å². The van der Waals surface area contributed by atoms with Crippen LogP contribution in [-0.4, -0.2) is 118 Å². The van der Waals surface area contributed by atoms with E-state index in [0.717, 1.165) is 82.3 Å². The van der Waals surface area contributed by atoms with Crippen LogP contribution in [0.1, 0.15) is 178 Å². The number of hydrogen-bond acceptors (Lipinski definition) is 10. The quantitative estimate of drug-likeness (QED) is 0.0336. The number of aldehydes is 1. The molecule has 3 atom stereocenters. The van der Waals surface area contributed by atoms with Gasteiger partial charge in [-0.05, 0) is 101 Å². The molecule has 0 aromatic heterocycles. The average Bonchev–Trinajstić information content (AvgIpc) is 3.16. The molecule has 0 amide bonds. The summed E-state index contributed by atoms with van der Waals surface area (Å²) in [6.07, 6.45) is 17.7. The van der Waals surface area contributed by atoms with Crippen molar-refractivity contribution in [3.05, 3.63) is 0 Å². The lowest BCUT2D eigenvalue weighted by molar-refractivity contribution is -0.145. The molecule has 59 heavy (non-hydrogen) atoms. The Bertz CT molecular complexity index is 997. The molecule has 0 aliphatic carbocycles. The molecule has 10 heteroatoms. The van der Waals surface area contributed by atoms with Gasteiger partial charge in [0.1, 0.15) is 6.29 Å². The molecule has 0 aliphatic rings. The highest BCUT2D eigenvalue weighted by Crippen LogP contribution is 2.18. The molecule has 0 fully saturated rings. The Morgan fingerprint density at radius 1 is 0.424 bits per heavy atom. The minimum absolute atomic E-state index is 0.164. The fourth-order valence-electron chi connectivity index (χ4n) is 7.29. The van der Waals surface area contributed by atoms with E-state index in [1.807, 2.05) is 0 Å². The predicted molar refractivity (Wildman–Crippen MR) is 244 cm³/mol. The summed E-state index contributed by atoms with van der Waals surface area (Å²) in [6.45, 7) is 27.3. The second-order valence-electron chi connectivity index (χ2n) is 19.2. The van der Waals surface area contributed by atoms with Crippen LogP contribution in [-0.2, 0) is 33.4 Å². The second-order valence-corrected chi connectivity index (χ2v) is 19.2. The van der Waals surface area contributed by atoms with Gasteiger partial charge in [-0.3, -0.25) is 14.4 Å². The molecule has 0 N–H and O–H groups in total. The third kappa shape index (κ3) is 38.6. The van der Waals surface area contributed by atoms with Gasteiger partial charge in [0.25, 0.3) is 0 Å². The lowest BCUT2D eigenvalue weighted by Crippen LogP contribution is -2.34. The molecule has 10 nitrogen and oxygen atoms in total. The van der Waals surface area contributed by atoms with Crippen LogP contribution >= 0.6 is 0 Å². The van der Waals surface area contributed by atoms with Gasteiger partial charge in [0.15, 0.2) is 0 Å². The van der Waals surface area contributed by atoms with Crippen LogP contribution in [0.4, 0.5) is 0 Å². The zero-order valence-corrected chi connectivity index (χ0v) is 40.2. The molecule has 0 heterocycles. The number of carbonyl (C=O) groups is 4. The summed E-state index contributed by atoms with van der Waals surface area (Å²) >= 11 is 0. The van der Waals surface area contributed by atoms with Crippen molar-refractivity contribution in [1.82, 2.24) is 14.7 Å². The predicted octanol–water partition coefficient (Wildman–Crippen LogP) is 10.2. The van der Waals surface area contributed by atoms with E-state index in [1.165, 1.54) is 57.8 Å². The standard InChI is InChI=1S/C49H95N3O7/c1-41(2)17-11-20-44(7)26-38-57-47(54)23-34-51(33-16-37-53)31-14-29-50(10)30-15-32-52(35-24-48(55)58-39-27-45(8)21-12-18-42(3)4)36-25-49(56)59-40-28-46(9)22-13-19-43(5)6/h37,41-46H,11-36,38-40H2,1-10H3. The fourth-order valence-corrected chi connectivity index (χ4v) is 7.29. The third-order valence-corrected chi connectivity index (χ3v) is 11.5. The third-order valence-electron chi connectivity index (χ3n) is 11.5. The van der Waals surface area contributed by atoms with Gasteiger partial charge in [-0.25, -0.2) is 0 Å². The Balaban J connectivity index is 4.82. The first-order valence-electron chi connectivity index (χ1n) is 24.1. The van der Waals surface area contributed by atoms with Crippen molar-refractivity contribution in [2.45, 2.75) is 178 Å². The van der Waals surface area contributed by atoms with Crippen molar-refractivity contribution < 1.29 is 33.4 Å². The van der Waals surface area contributed by atoms with E-state index in [0.29, 0.717) is 89.4 Å². The van der Waals surface area contributed by atoms with Crippen LogP contribution in [0.25, 0.3) is 0 Å². The highest BCUT2D eigenvalue weighted by atomic mass is 16.5. The maximum atomic E-state index is 12.7. The Morgan fingerprint density at radius 3 is 1.05 bits per heavy atom. The van der Waals surface area contributed by atoms with Gasteiger partial charge < -0.3 is 33.7 Å². The molecular formula is C49H95N3O7. The van der Waals surface area contributed by atoms with Crippen LogP contribution < -0.4 is 0 Å². The average molecular weight is 838 g/mol. The van der Waals surface area contributed by atoms with Gasteiger partial charge in [-0.15, -0.1) is 0 Å². The Morgan fingerprint density at radius 2 is 0.746 bits per heavy atom. The minimum atomic E-state index is -0.176. The summed E-state index contributed by atoms with van der Waals surface area (Å²) in [7, 11) is 2.11. The fraction of sp³-hybridized carbons (Fsp3) is 0.918. The molecule has 0 aromatic carbocycles. The molecule has 0 saturated heterocycles. The zero-order valence-electron chi connectivity index (χ0n) is 40.2.